The Bertz CT molecular complexity index is 461. The minimum Gasteiger partial charge on any atom is -0.496 e. The van der Waals surface area contributed by atoms with Gasteiger partial charge >= 0.3 is 0 Å². The first-order chi connectivity index (χ1) is 8.75. The van der Waals surface area contributed by atoms with Gasteiger partial charge in [0.25, 0.3) is 5.91 Å². The van der Waals surface area contributed by atoms with Crippen molar-refractivity contribution in [1.29, 1.82) is 0 Å². The number of benzene rings is 1. The molecule has 0 aliphatic rings. The predicted octanol–water partition coefficient (Wildman–Crippen LogP) is 1.74. The first-order valence-electron chi connectivity index (χ1n) is 6.40. The molecule has 0 spiro atoms. The molecule has 1 rings (SSSR count). The summed E-state index contributed by atoms with van der Waals surface area (Å²) in [5, 5.41) is 12.3. The molecule has 4 nitrogen and oxygen atoms in total. The molecule has 0 saturated heterocycles. The molecule has 0 radical (unpaired) electrons. The largest absolute Gasteiger partial charge is 0.496 e. The molecule has 4 heteroatoms. The van der Waals surface area contributed by atoms with Gasteiger partial charge < -0.3 is 15.2 Å². The van der Waals surface area contributed by atoms with E-state index in [0.29, 0.717) is 13.0 Å². The molecule has 2 N–H and O–H groups in total. The molecule has 0 aromatic heterocycles. The summed E-state index contributed by atoms with van der Waals surface area (Å²) in [5.41, 5.74) is 2.05. The zero-order valence-corrected chi connectivity index (χ0v) is 12.3. The van der Waals surface area contributed by atoms with Crippen molar-refractivity contribution in [2.24, 2.45) is 0 Å². The zero-order chi connectivity index (χ0) is 14.6. The summed E-state index contributed by atoms with van der Waals surface area (Å²) in [6, 6.07) is 4.08. The number of carbonyl (C=O) groups excluding carboxylic acids is 1. The number of ether oxygens (including phenoxy) is 1. The van der Waals surface area contributed by atoms with Crippen LogP contribution < -0.4 is 10.1 Å². The van der Waals surface area contributed by atoms with Gasteiger partial charge in [-0.05, 0) is 56.9 Å². The lowest BCUT2D eigenvalue weighted by Crippen LogP contribution is -2.42. The van der Waals surface area contributed by atoms with E-state index >= 15 is 0 Å². The number of hydrogen-bond acceptors (Lipinski definition) is 3. The zero-order valence-electron chi connectivity index (χ0n) is 12.3. The molecule has 0 aliphatic heterocycles. The third-order valence-corrected chi connectivity index (χ3v) is 3.01. The SMILES string of the molecule is COc1cc(C)cc(C)c1CCNC(=O)C(C)(C)O. The number of methoxy groups -OCH3 is 1. The Morgan fingerprint density at radius 3 is 2.53 bits per heavy atom. The van der Waals surface area contributed by atoms with Gasteiger partial charge in [0.15, 0.2) is 0 Å². The smallest absolute Gasteiger partial charge is 0.251 e. The highest BCUT2D eigenvalue weighted by atomic mass is 16.5. The predicted molar refractivity (Wildman–Crippen MR) is 75.5 cm³/mol. The lowest BCUT2D eigenvalue weighted by Gasteiger charge is -2.18. The number of rotatable bonds is 5. The van der Waals surface area contributed by atoms with Crippen LogP contribution in [-0.4, -0.2) is 30.3 Å². The van der Waals surface area contributed by atoms with Crippen LogP contribution in [0, 0.1) is 13.8 Å². The Kier molecular flexibility index (Phi) is 4.95. The van der Waals surface area contributed by atoms with Gasteiger partial charge in [0.05, 0.1) is 7.11 Å². The fourth-order valence-corrected chi connectivity index (χ4v) is 1.98. The van der Waals surface area contributed by atoms with Crippen molar-refractivity contribution in [2.45, 2.75) is 39.7 Å². The van der Waals surface area contributed by atoms with Crippen LogP contribution >= 0.6 is 0 Å². The molecule has 1 amide bonds. The lowest BCUT2D eigenvalue weighted by molar-refractivity contribution is -0.136. The second-order valence-corrected chi connectivity index (χ2v) is 5.33. The van der Waals surface area contributed by atoms with E-state index in [1.54, 1.807) is 7.11 Å². The molecule has 19 heavy (non-hydrogen) atoms. The Labute approximate surface area is 114 Å². The van der Waals surface area contributed by atoms with E-state index in [1.165, 1.54) is 13.8 Å². The quantitative estimate of drug-likeness (QED) is 0.852. The van der Waals surface area contributed by atoms with Crippen LogP contribution in [0.2, 0.25) is 0 Å². The van der Waals surface area contributed by atoms with Gasteiger partial charge in [0.2, 0.25) is 0 Å². The van der Waals surface area contributed by atoms with Crippen LogP contribution in [0.4, 0.5) is 0 Å². The molecule has 0 fully saturated rings. The van der Waals surface area contributed by atoms with E-state index in [0.717, 1.165) is 22.4 Å². The first-order valence-corrected chi connectivity index (χ1v) is 6.40. The minimum atomic E-state index is -1.34. The lowest BCUT2D eigenvalue weighted by atomic mass is 10.0. The molecule has 0 bridgehead atoms. The number of carbonyl (C=O) groups is 1. The fourth-order valence-electron chi connectivity index (χ4n) is 1.98. The van der Waals surface area contributed by atoms with Gasteiger partial charge in [-0.1, -0.05) is 6.07 Å². The molecule has 0 aliphatic carbocycles. The van der Waals surface area contributed by atoms with Gasteiger partial charge in [0, 0.05) is 6.54 Å². The Morgan fingerprint density at radius 2 is 2.00 bits per heavy atom. The summed E-state index contributed by atoms with van der Waals surface area (Å²) in [5.74, 6) is 0.478. The summed E-state index contributed by atoms with van der Waals surface area (Å²) < 4.78 is 5.37. The first kappa shape index (κ1) is 15.5. The van der Waals surface area contributed by atoms with Gasteiger partial charge in [-0.3, -0.25) is 4.79 Å². The molecule has 1 aromatic rings. The van der Waals surface area contributed by atoms with E-state index in [1.807, 2.05) is 19.9 Å². The fraction of sp³-hybridized carbons (Fsp3) is 0.533. The summed E-state index contributed by atoms with van der Waals surface area (Å²) in [7, 11) is 1.65. The third-order valence-electron chi connectivity index (χ3n) is 3.01. The Hall–Kier alpha value is -1.55. The monoisotopic (exact) mass is 265 g/mol. The topological polar surface area (TPSA) is 58.6 Å². The van der Waals surface area contributed by atoms with Gasteiger partial charge in [-0.25, -0.2) is 0 Å². The van der Waals surface area contributed by atoms with Crippen LogP contribution in [0.5, 0.6) is 5.75 Å². The van der Waals surface area contributed by atoms with Crippen LogP contribution in [0.25, 0.3) is 0 Å². The molecular weight excluding hydrogens is 242 g/mol. The second kappa shape index (κ2) is 6.06. The van der Waals surface area contributed by atoms with E-state index in [2.05, 4.69) is 11.4 Å². The van der Waals surface area contributed by atoms with E-state index in [-0.39, 0.29) is 5.91 Å². The maximum Gasteiger partial charge on any atom is 0.251 e. The highest BCUT2D eigenvalue weighted by Crippen LogP contribution is 2.24. The van der Waals surface area contributed by atoms with Crippen molar-refractivity contribution in [1.82, 2.24) is 5.32 Å². The van der Waals surface area contributed by atoms with E-state index in [4.69, 9.17) is 4.74 Å². The normalized spacial score (nSPS) is 11.3. The summed E-state index contributed by atoms with van der Waals surface area (Å²) in [6.07, 6.45) is 0.678. The third kappa shape index (κ3) is 4.24. The second-order valence-electron chi connectivity index (χ2n) is 5.33. The number of aryl methyl sites for hydroxylation is 2. The number of hydrogen-bond donors (Lipinski definition) is 2. The van der Waals surface area contributed by atoms with Crippen molar-refractivity contribution in [3.05, 3.63) is 28.8 Å². The van der Waals surface area contributed by atoms with Crippen LogP contribution in [-0.2, 0) is 11.2 Å². The molecule has 106 valence electrons. The summed E-state index contributed by atoms with van der Waals surface area (Å²) >= 11 is 0. The highest BCUT2D eigenvalue weighted by Gasteiger charge is 2.23. The number of nitrogens with one attached hydrogen (secondary N) is 1. The van der Waals surface area contributed by atoms with Crippen LogP contribution in [0.15, 0.2) is 12.1 Å². The number of amides is 1. The van der Waals surface area contributed by atoms with Gasteiger partial charge in [0.1, 0.15) is 11.4 Å². The molecule has 0 unspecified atom stereocenters. The standard InChI is InChI=1S/C15H23NO3/c1-10-8-11(2)12(13(9-10)19-5)6-7-16-14(17)15(3,4)18/h8-9,18H,6-7H2,1-5H3,(H,16,17). The molecular formula is C15H23NO3. The molecule has 0 saturated carbocycles. The van der Waals surface area contributed by atoms with E-state index < -0.39 is 5.60 Å². The number of aliphatic hydroxyl groups is 1. The maximum absolute atomic E-state index is 11.6. The summed E-state index contributed by atoms with van der Waals surface area (Å²) in [4.78, 5) is 11.6. The Morgan fingerprint density at radius 1 is 1.37 bits per heavy atom. The maximum atomic E-state index is 11.6. The van der Waals surface area contributed by atoms with Crippen molar-refractivity contribution in [3.63, 3.8) is 0 Å². The van der Waals surface area contributed by atoms with Gasteiger partial charge in [-0.2, -0.15) is 0 Å². The minimum absolute atomic E-state index is 0.365. The molecule has 1 aromatic carbocycles. The van der Waals surface area contributed by atoms with Crippen molar-refractivity contribution >= 4 is 5.91 Å². The van der Waals surface area contributed by atoms with E-state index in [9.17, 15) is 9.90 Å². The molecule has 0 heterocycles. The average Bonchev–Trinajstić information content (AvgIpc) is 2.29. The summed E-state index contributed by atoms with van der Waals surface area (Å²) in [6.45, 7) is 7.47. The van der Waals surface area contributed by atoms with Gasteiger partial charge in [-0.15, -0.1) is 0 Å². The van der Waals surface area contributed by atoms with Crippen molar-refractivity contribution in [2.75, 3.05) is 13.7 Å². The highest BCUT2D eigenvalue weighted by molar-refractivity contribution is 5.83. The van der Waals surface area contributed by atoms with Crippen LogP contribution in [0.3, 0.4) is 0 Å². The van der Waals surface area contributed by atoms with Crippen LogP contribution in [0.1, 0.15) is 30.5 Å². The van der Waals surface area contributed by atoms with Crippen molar-refractivity contribution in [3.8, 4) is 5.75 Å². The van der Waals surface area contributed by atoms with Crippen molar-refractivity contribution < 1.29 is 14.6 Å². The molecule has 0 atom stereocenters. The average molecular weight is 265 g/mol. The Balaban J connectivity index is 2.71.